The van der Waals surface area contributed by atoms with Crippen molar-refractivity contribution in [1.82, 2.24) is 9.71 Å². The van der Waals surface area contributed by atoms with Crippen molar-refractivity contribution in [2.45, 2.75) is 25.3 Å². The molecule has 0 aliphatic rings. The second-order valence-corrected chi connectivity index (χ2v) is 6.74. The molecule has 0 radical (unpaired) electrons. The van der Waals surface area contributed by atoms with Crippen molar-refractivity contribution in [3.8, 4) is 5.88 Å². The molecular formula is C17H20N2O5S. The number of sulfonamides is 1. The summed E-state index contributed by atoms with van der Waals surface area (Å²) >= 11 is 0. The van der Waals surface area contributed by atoms with Gasteiger partial charge >= 0.3 is 5.97 Å². The van der Waals surface area contributed by atoms with Gasteiger partial charge in [0.25, 0.3) is 0 Å². The van der Waals surface area contributed by atoms with Crippen LogP contribution in [0.1, 0.15) is 29.8 Å². The molecule has 1 aromatic carbocycles. The molecule has 1 heterocycles. The van der Waals surface area contributed by atoms with E-state index in [2.05, 4.69) is 9.71 Å². The number of nitrogens with zero attached hydrogens (tertiary/aromatic N) is 1. The number of ether oxygens (including phenoxy) is 2. The van der Waals surface area contributed by atoms with E-state index in [1.54, 1.807) is 25.3 Å². The van der Waals surface area contributed by atoms with Crippen LogP contribution in [0.5, 0.6) is 5.88 Å². The quantitative estimate of drug-likeness (QED) is 0.721. The third kappa shape index (κ3) is 5.01. The standard InChI is InChI=1S/C17H20N2O5S/c1-3-23-16-14(8-6-10-18-16)12-19-25(21,22)15-9-5-7-13(11-15)17(20)24-4-2/h5-11,19H,3-4,12H2,1-2H3. The van der Waals surface area contributed by atoms with Gasteiger partial charge in [-0.15, -0.1) is 0 Å². The summed E-state index contributed by atoms with van der Waals surface area (Å²) in [6, 6.07) is 9.13. The van der Waals surface area contributed by atoms with Gasteiger partial charge in [-0.25, -0.2) is 22.9 Å². The van der Waals surface area contributed by atoms with Crippen molar-refractivity contribution >= 4 is 16.0 Å². The summed E-state index contributed by atoms with van der Waals surface area (Å²) in [6.07, 6.45) is 1.58. The highest BCUT2D eigenvalue weighted by Crippen LogP contribution is 2.17. The van der Waals surface area contributed by atoms with Gasteiger partial charge in [0.1, 0.15) is 0 Å². The number of esters is 1. The second kappa shape index (κ2) is 8.59. The number of nitrogens with one attached hydrogen (secondary N) is 1. The van der Waals surface area contributed by atoms with Gasteiger partial charge in [0, 0.05) is 18.3 Å². The van der Waals surface area contributed by atoms with Gasteiger partial charge in [-0.3, -0.25) is 0 Å². The van der Waals surface area contributed by atoms with Crippen LogP contribution in [0.25, 0.3) is 0 Å². The first kappa shape index (κ1) is 18.9. The van der Waals surface area contributed by atoms with Gasteiger partial charge < -0.3 is 9.47 Å². The molecule has 134 valence electrons. The monoisotopic (exact) mass is 364 g/mol. The predicted molar refractivity (Wildman–Crippen MR) is 91.8 cm³/mol. The average Bonchev–Trinajstić information content (AvgIpc) is 2.62. The molecule has 25 heavy (non-hydrogen) atoms. The van der Waals surface area contributed by atoms with E-state index in [9.17, 15) is 13.2 Å². The van der Waals surface area contributed by atoms with Crippen LogP contribution in [-0.4, -0.2) is 32.6 Å². The Morgan fingerprint density at radius 2 is 1.96 bits per heavy atom. The maximum atomic E-state index is 12.5. The Hall–Kier alpha value is -2.45. The Morgan fingerprint density at radius 3 is 2.68 bits per heavy atom. The van der Waals surface area contributed by atoms with Crippen LogP contribution in [0, 0.1) is 0 Å². The molecule has 0 saturated carbocycles. The first-order valence-corrected chi connectivity index (χ1v) is 9.29. The lowest BCUT2D eigenvalue weighted by Gasteiger charge is -2.11. The van der Waals surface area contributed by atoms with E-state index in [4.69, 9.17) is 9.47 Å². The lowest BCUT2D eigenvalue weighted by molar-refractivity contribution is 0.0526. The number of rotatable bonds is 8. The van der Waals surface area contributed by atoms with Crippen LogP contribution >= 0.6 is 0 Å². The maximum absolute atomic E-state index is 12.5. The second-order valence-electron chi connectivity index (χ2n) is 4.97. The fourth-order valence-corrected chi connectivity index (χ4v) is 3.14. The molecule has 8 heteroatoms. The summed E-state index contributed by atoms with van der Waals surface area (Å²) < 4.78 is 37.7. The van der Waals surface area contributed by atoms with Crippen molar-refractivity contribution in [2.24, 2.45) is 0 Å². The topological polar surface area (TPSA) is 94.6 Å². The molecule has 7 nitrogen and oxygen atoms in total. The molecule has 1 N–H and O–H groups in total. The normalized spacial score (nSPS) is 11.1. The minimum Gasteiger partial charge on any atom is -0.478 e. The highest BCUT2D eigenvalue weighted by molar-refractivity contribution is 7.89. The zero-order valence-electron chi connectivity index (χ0n) is 14.1. The molecule has 0 atom stereocenters. The first-order valence-electron chi connectivity index (χ1n) is 7.81. The predicted octanol–water partition coefficient (Wildman–Crippen LogP) is 2.14. The molecule has 0 aliphatic heterocycles. The Labute approximate surface area is 147 Å². The van der Waals surface area contributed by atoms with Crippen molar-refractivity contribution < 1.29 is 22.7 Å². The van der Waals surface area contributed by atoms with Crippen LogP contribution in [0.15, 0.2) is 47.5 Å². The smallest absolute Gasteiger partial charge is 0.338 e. The molecule has 1 aromatic heterocycles. The summed E-state index contributed by atoms with van der Waals surface area (Å²) in [7, 11) is -3.80. The zero-order valence-corrected chi connectivity index (χ0v) is 14.9. The fraction of sp³-hybridized carbons (Fsp3) is 0.294. The first-order chi connectivity index (χ1) is 12.0. The largest absolute Gasteiger partial charge is 0.478 e. The summed E-state index contributed by atoms with van der Waals surface area (Å²) in [5.41, 5.74) is 0.801. The summed E-state index contributed by atoms with van der Waals surface area (Å²) in [4.78, 5) is 15.8. The van der Waals surface area contributed by atoms with Crippen LogP contribution in [0.3, 0.4) is 0 Å². The minimum atomic E-state index is -3.80. The molecule has 0 amide bonds. The van der Waals surface area contributed by atoms with Crippen molar-refractivity contribution in [3.05, 3.63) is 53.7 Å². The third-order valence-corrected chi connectivity index (χ3v) is 4.64. The molecule has 0 aliphatic carbocycles. The molecule has 2 aromatic rings. The van der Waals surface area contributed by atoms with Gasteiger partial charge in [-0.2, -0.15) is 0 Å². The number of carbonyl (C=O) groups excluding carboxylic acids is 1. The SMILES string of the molecule is CCOC(=O)c1cccc(S(=O)(=O)NCc2cccnc2OCC)c1. The van der Waals surface area contributed by atoms with E-state index in [1.165, 1.54) is 24.3 Å². The third-order valence-electron chi connectivity index (χ3n) is 3.24. The van der Waals surface area contributed by atoms with Crippen LogP contribution in [0.4, 0.5) is 0 Å². The Morgan fingerprint density at radius 1 is 1.16 bits per heavy atom. The molecule has 0 fully saturated rings. The number of pyridine rings is 1. The number of carbonyl (C=O) groups is 1. The number of hydrogen-bond donors (Lipinski definition) is 1. The van der Waals surface area contributed by atoms with E-state index in [1.807, 2.05) is 6.92 Å². The Balaban J connectivity index is 2.17. The molecule has 2 rings (SSSR count). The van der Waals surface area contributed by atoms with Crippen LogP contribution < -0.4 is 9.46 Å². The minimum absolute atomic E-state index is 0.0140. The number of benzene rings is 1. The zero-order chi connectivity index (χ0) is 18.3. The van der Waals surface area contributed by atoms with Gasteiger partial charge in [0.15, 0.2) is 0 Å². The maximum Gasteiger partial charge on any atom is 0.338 e. The Bertz CT molecular complexity index is 836. The summed E-state index contributed by atoms with van der Waals surface area (Å²) in [6.45, 7) is 4.18. The van der Waals surface area contributed by atoms with E-state index < -0.39 is 16.0 Å². The van der Waals surface area contributed by atoms with Gasteiger partial charge in [-0.1, -0.05) is 12.1 Å². The molecule has 0 bridgehead atoms. The number of aromatic nitrogens is 1. The summed E-state index contributed by atoms with van der Waals surface area (Å²) in [5.74, 6) is -0.182. The fourth-order valence-electron chi connectivity index (χ4n) is 2.09. The van der Waals surface area contributed by atoms with E-state index in [-0.39, 0.29) is 23.6 Å². The van der Waals surface area contributed by atoms with Gasteiger partial charge in [-0.05, 0) is 38.1 Å². The van der Waals surface area contributed by atoms with Crippen LogP contribution in [0.2, 0.25) is 0 Å². The van der Waals surface area contributed by atoms with Crippen molar-refractivity contribution in [2.75, 3.05) is 13.2 Å². The lowest BCUT2D eigenvalue weighted by atomic mass is 10.2. The lowest BCUT2D eigenvalue weighted by Crippen LogP contribution is -2.24. The van der Waals surface area contributed by atoms with Gasteiger partial charge in [0.05, 0.1) is 23.7 Å². The Kier molecular flexibility index (Phi) is 6.49. The van der Waals surface area contributed by atoms with Crippen molar-refractivity contribution in [1.29, 1.82) is 0 Å². The highest BCUT2D eigenvalue weighted by atomic mass is 32.2. The van der Waals surface area contributed by atoms with Crippen molar-refractivity contribution in [3.63, 3.8) is 0 Å². The molecule has 0 saturated heterocycles. The van der Waals surface area contributed by atoms with E-state index >= 15 is 0 Å². The average molecular weight is 364 g/mol. The molecule has 0 unspecified atom stereocenters. The van der Waals surface area contributed by atoms with Gasteiger partial charge in [0.2, 0.25) is 15.9 Å². The molecule has 0 spiro atoms. The van der Waals surface area contributed by atoms with E-state index in [0.29, 0.717) is 18.1 Å². The van der Waals surface area contributed by atoms with E-state index in [0.717, 1.165) is 0 Å². The molecular weight excluding hydrogens is 344 g/mol. The summed E-state index contributed by atoms with van der Waals surface area (Å²) in [5, 5.41) is 0. The van der Waals surface area contributed by atoms with Crippen LogP contribution in [-0.2, 0) is 21.3 Å². The highest BCUT2D eigenvalue weighted by Gasteiger charge is 2.17. The number of hydrogen-bond acceptors (Lipinski definition) is 6.